The maximum atomic E-state index is 12.9. The fourth-order valence-corrected chi connectivity index (χ4v) is 4.05. The van der Waals surface area contributed by atoms with Crippen LogP contribution in [0.3, 0.4) is 0 Å². The summed E-state index contributed by atoms with van der Waals surface area (Å²) in [7, 11) is 1.64. The first kappa shape index (κ1) is 21.6. The van der Waals surface area contributed by atoms with Crippen LogP contribution in [0, 0.1) is 6.92 Å². The largest absolute Gasteiger partial charge is 0.497 e. The van der Waals surface area contributed by atoms with Gasteiger partial charge in [0.05, 0.1) is 7.11 Å². The minimum Gasteiger partial charge on any atom is -0.497 e. The van der Waals surface area contributed by atoms with Crippen LogP contribution in [0.1, 0.15) is 39.0 Å². The number of fused-ring (bicyclic) bond motifs is 1. The van der Waals surface area contributed by atoms with E-state index in [-0.39, 0.29) is 11.8 Å². The second-order valence-electron chi connectivity index (χ2n) is 8.16. The molecule has 0 radical (unpaired) electrons. The van der Waals surface area contributed by atoms with E-state index >= 15 is 0 Å². The molecule has 0 saturated carbocycles. The molecule has 0 spiro atoms. The summed E-state index contributed by atoms with van der Waals surface area (Å²) in [6.45, 7) is 3.16. The number of benzene rings is 3. The van der Waals surface area contributed by atoms with E-state index in [2.05, 4.69) is 11.4 Å². The van der Waals surface area contributed by atoms with Crippen LogP contribution in [0.2, 0.25) is 0 Å². The van der Waals surface area contributed by atoms with Crippen molar-refractivity contribution in [3.8, 4) is 5.75 Å². The second kappa shape index (κ2) is 9.69. The van der Waals surface area contributed by atoms with E-state index in [1.165, 1.54) is 0 Å². The van der Waals surface area contributed by atoms with Gasteiger partial charge in [0.1, 0.15) is 5.75 Å². The first-order valence-corrected chi connectivity index (χ1v) is 10.9. The molecular formula is C27H28N2O3. The number of nitrogens with zero attached hydrogens (tertiary/aromatic N) is 1. The molecule has 0 bridgehead atoms. The lowest BCUT2D eigenvalue weighted by molar-refractivity contribution is -0.121. The third-order valence-corrected chi connectivity index (χ3v) is 5.84. The molecule has 1 aliphatic rings. The third-order valence-electron chi connectivity index (χ3n) is 5.84. The summed E-state index contributed by atoms with van der Waals surface area (Å²) >= 11 is 0. The molecule has 3 aromatic carbocycles. The molecular weight excluding hydrogens is 400 g/mol. The van der Waals surface area contributed by atoms with Crippen LogP contribution in [-0.2, 0) is 24.2 Å². The van der Waals surface area contributed by atoms with Crippen LogP contribution in [0.4, 0.5) is 5.69 Å². The van der Waals surface area contributed by atoms with E-state index in [9.17, 15) is 9.59 Å². The average molecular weight is 429 g/mol. The van der Waals surface area contributed by atoms with Crippen molar-refractivity contribution in [3.05, 3.63) is 94.5 Å². The number of nitrogens with one attached hydrogen (secondary N) is 1. The Hall–Kier alpha value is -3.60. The highest BCUT2D eigenvalue weighted by atomic mass is 16.5. The van der Waals surface area contributed by atoms with Gasteiger partial charge in [-0.25, -0.2) is 0 Å². The van der Waals surface area contributed by atoms with E-state index < -0.39 is 0 Å². The Morgan fingerprint density at radius 1 is 1.00 bits per heavy atom. The van der Waals surface area contributed by atoms with Crippen molar-refractivity contribution in [2.75, 3.05) is 18.6 Å². The number of amides is 2. The predicted octanol–water partition coefficient (Wildman–Crippen LogP) is 4.46. The van der Waals surface area contributed by atoms with Gasteiger partial charge in [-0.1, -0.05) is 42.0 Å². The summed E-state index contributed by atoms with van der Waals surface area (Å²) in [6.07, 6.45) is 1.96. The van der Waals surface area contributed by atoms with Crippen molar-refractivity contribution in [2.45, 2.75) is 32.7 Å². The number of hydrogen-bond acceptors (Lipinski definition) is 3. The van der Waals surface area contributed by atoms with Gasteiger partial charge in [-0.05, 0) is 66.8 Å². The van der Waals surface area contributed by atoms with Crippen molar-refractivity contribution in [1.29, 1.82) is 0 Å². The van der Waals surface area contributed by atoms with Crippen molar-refractivity contribution in [1.82, 2.24) is 5.32 Å². The molecule has 3 aromatic rings. The number of carbonyl (C=O) groups excluding carboxylic acids is 2. The lowest BCUT2D eigenvalue weighted by atomic mass is 10.1. The van der Waals surface area contributed by atoms with E-state index in [4.69, 9.17) is 4.74 Å². The molecule has 0 saturated heterocycles. The SMILES string of the molecule is COc1ccc(CCC(=O)NCc2ccc3c(c2)CCN3C(=O)c2cccc(C)c2)cc1. The van der Waals surface area contributed by atoms with Gasteiger partial charge in [0.2, 0.25) is 5.91 Å². The number of carbonyl (C=O) groups is 2. The highest BCUT2D eigenvalue weighted by Crippen LogP contribution is 2.30. The standard InChI is InChI=1S/C27H28N2O3/c1-19-4-3-5-23(16-19)27(31)29-15-14-22-17-21(8-12-25(22)29)18-28-26(30)13-9-20-6-10-24(32-2)11-7-20/h3-8,10-12,16-17H,9,13-15,18H2,1-2H3,(H,28,30). The molecule has 1 aliphatic heterocycles. The summed E-state index contributed by atoms with van der Waals surface area (Å²) in [5, 5.41) is 3.00. The summed E-state index contributed by atoms with van der Waals surface area (Å²) in [5.74, 6) is 0.874. The van der Waals surface area contributed by atoms with E-state index in [1.54, 1.807) is 7.11 Å². The van der Waals surface area contributed by atoms with Gasteiger partial charge >= 0.3 is 0 Å². The minimum atomic E-state index is 0.0255. The fourth-order valence-electron chi connectivity index (χ4n) is 4.05. The fraction of sp³-hybridized carbons (Fsp3) is 0.259. The normalized spacial score (nSPS) is 12.4. The van der Waals surface area contributed by atoms with Gasteiger partial charge in [0.15, 0.2) is 0 Å². The number of rotatable bonds is 7. The zero-order valence-electron chi connectivity index (χ0n) is 18.6. The summed E-state index contributed by atoms with van der Waals surface area (Å²) in [4.78, 5) is 27.1. The van der Waals surface area contributed by atoms with Crippen LogP contribution >= 0.6 is 0 Å². The van der Waals surface area contributed by atoms with Gasteiger partial charge in [0.25, 0.3) is 5.91 Å². The molecule has 0 unspecified atom stereocenters. The molecule has 164 valence electrons. The molecule has 4 rings (SSSR count). The Balaban J connectivity index is 1.32. The molecule has 5 nitrogen and oxygen atoms in total. The van der Waals surface area contributed by atoms with Gasteiger partial charge in [-0.2, -0.15) is 0 Å². The molecule has 32 heavy (non-hydrogen) atoms. The van der Waals surface area contributed by atoms with Crippen LogP contribution < -0.4 is 15.0 Å². The average Bonchev–Trinajstić information content (AvgIpc) is 3.24. The lowest BCUT2D eigenvalue weighted by Gasteiger charge is -2.18. The maximum absolute atomic E-state index is 12.9. The topological polar surface area (TPSA) is 58.6 Å². The maximum Gasteiger partial charge on any atom is 0.258 e. The van der Waals surface area contributed by atoms with Crippen LogP contribution in [0.15, 0.2) is 66.7 Å². The van der Waals surface area contributed by atoms with Crippen molar-refractivity contribution >= 4 is 17.5 Å². The Kier molecular flexibility index (Phi) is 6.55. The summed E-state index contributed by atoms with van der Waals surface area (Å²) in [5.41, 5.74) is 6.06. The number of aryl methyl sites for hydroxylation is 2. The summed E-state index contributed by atoms with van der Waals surface area (Å²) in [6, 6.07) is 21.6. The number of methoxy groups -OCH3 is 1. The first-order chi connectivity index (χ1) is 15.5. The smallest absolute Gasteiger partial charge is 0.258 e. The van der Waals surface area contributed by atoms with E-state index in [0.29, 0.717) is 31.5 Å². The first-order valence-electron chi connectivity index (χ1n) is 10.9. The van der Waals surface area contributed by atoms with Crippen molar-refractivity contribution in [2.24, 2.45) is 0 Å². The molecule has 0 aromatic heterocycles. The number of hydrogen-bond donors (Lipinski definition) is 1. The van der Waals surface area contributed by atoms with Gasteiger partial charge in [-0.15, -0.1) is 0 Å². The lowest BCUT2D eigenvalue weighted by Crippen LogP contribution is -2.28. The highest BCUT2D eigenvalue weighted by Gasteiger charge is 2.25. The molecule has 1 heterocycles. The number of ether oxygens (including phenoxy) is 1. The molecule has 0 atom stereocenters. The van der Waals surface area contributed by atoms with Gasteiger partial charge < -0.3 is 15.0 Å². The Morgan fingerprint density at radius 2 is 1.78 bits per heavy atom. The van der Waals surface area contributed by atoms with Crippen molar-refractivity contribution < 1.29 is 14.3 Å². The monoisotopic (exact) mass is 428 g/mol. The van der Waals surface area contributed by atoms with Crippen LogP contribution in [0.25, 0.3) is 0 Å². The van der Waals surface area contributed by atoms with E-state index in [1.807, 2.05) is 72.5 Å². The zero-order valence-corrected chi connectivity index (χ0v) is 18.6. The van der Waals surface area contributed by atoms with Gasteiger partial charge in [0, 0.05) is 30.8 Å². The second-order valence-corrected chi connectivity index (χ2v) is 8.16. The third kappa shape index (κ3) is 4.99. The van der Waals surface area contributed by atoms with Crippen LogP contribution in [0.5, 0.6) is 5.75 Å². The molecule has 0 fully saturated rings. The molecule has 2 amide bonds. The van der Waals surface area contributed by atoms with Gasteiger partial charge in [-0.3, -0.25) is 9.59 Å². The minimum absolute atomic E-state index is 0.0255. The Morgan fingerprint density at radius 3 is 2.53 bits per heavy atom. The quantitative estimate of drug-likeness (QED) is 0.605. The molecule has 0 aliphatic carbocycles. The Labute approximate surface area is 189 Å². The van der Waals surface area contributed by atoms with E-state index in [0.717, 1.165) is 40.1 Å². The van der Waals surface area contributed by atoms with Crippen LogP contribution in [-0.4, -0.2) is 25.5 Å². The summed E-state index contributed by atoms with van der Waals surface area (Å²) < 4.78 is 5.16. The highest BCUT2D eigenvalue weighted by molar-refractivity contribution is 6.07. The zero-order chi connectivity index (χ0) is 22.5. The molecule has 1 N–H and O–H groups in total. The number of anilines is 1. The predicted molar refractivity (Wildman–Crippen MR) is 126 cm³/mol. The Bertz CT molecular complexity index is 1120. The van der Waals surface area contributed by atoms with Crippen molar-refractivity contribution in [3.63, 3.8) is 0 Å². The molecule has 5 heteroatoms.